The third kappa shape index (κ3) is 2.78. The van der Waals surface area contributed by atoms with Crippen LogP contribution >= 0.6 is 0 Å². The van der Waals surface area contributed by atoms with Crippen LogP contribution in [-0.4, -0.2) is 37.3 Å². The van der Waals surface area contributed by atoms with Crippen molar-refractivity contribution in [3.63, 3.8) is 0 Å². The zero-order valence-electron chi connectivity index (χ0n) is 12.2. The summed E-state index contributed by atoms with van der Waals surface area (Å²) < 4.78 is 11.2. The first-order chi connectivity index (χ1) is 9.13. The molecule has 2 rings (SSSR count). The Morgan fingerprint density at radius 2 is 1.79 bits per heavy atom. The molecule has 0 radical (unpaired) electrons. The second kappa shape index (κ2) is 5.94. The van der Waals surface area contributed by atoms with Gasteiger partial charge in [0.1, 0.15) is 5.60 Å². The monoisotopic (exact) mass is 265 g/mol. The van der Waals surface area contributed by atoms with Crippen molar-refractivity contribution >= 4 is 0 Å². The number of nitrogens with one attached hydrogen (secondary N) is 1. The van der Waals surface area contributed by atoms with Crippen LogP contribution in [0.4, 0.5) is 0 Å². The highest BCUT2D eigenvalue weighted by molar-refractivity contribution is 5.26. The third-order valence-corrected chi connectivity index (χ3v) is 3.87. The Kier molecular flexibility index (Phi) is 4.50. The van der Waals surface area contributed by atoms with Crippen LogP contribution in [0, 0.1) is 13.8 Å². The van der Waals surface area contributed by atoms with Crippen LogP contribution in [0.2, 0.25) is 0 Å². The van der Waals surface area contributed by atoms with E-state index >= 15 is 0 Å². The van der Waals surface area contributed by atoms with Gasteiger partial charge in [0.25, 0.3) is 0 Å². The number of rotatable bonds is 4. The van der Waals surface area contributed by atoms with Gasteiger partial charge in [-0.2, -0.15) is 0 Å². The molecule has 0 aliphatic carbocycles. The highest BCUT2D eigenvalue weighted by Gasteiger charge is 2.37. The van der Waals surface area contributed by atoms with Crippen molar-refractivity contribution in [3.05, 3.63) is 22.8 Å². The minimum absolute atomic E-state index is 0.383. The molecule has 1 aliphatic heterocycles. The van der Waals surface area contributed by atoms with Gasteiger partial charge in [-0.25, -0.2) is 9.97 Å². The SMILES string of the molecule is CNCc1c(C)nc(C2(OC)CCOCC2)nc1C. The number of methoxy groups -OCH3 is 1. The van der Waals surface area contributed by atoms with Crippen LogP contribution in [0.1, 0.15) is 35.6 Å². The molecule has 0 spiro atoms. The van der Waals surface area contributed by atoms with E-state index in [-0.39, 0.29) is 5.60 Å². The minimum atomic E-state index is -0.383. The summed E-state index contributed by atoms with van der Waals surface area (Å²) in [5.41, 5.74) is 2.84. The van der Waals surface area contributed by atoms with Crippen molar-refractivity contribution in [1.29, 1.82) is 0 Å². The summed E-state index contributed by atoms with van der Waals surface area (Å²) in [6.45, 7) is 6.27. The number of ether oxygens (including phenoxy) is 2. The molecule has 1 fully saturated rings. The normalized spacial score (nSPS) is 18.5. The molecule has 0 amide bonds. The first kappa shape index (κ1) is 14.4. The maximum absolute atomic E-state index is 5.75. The molecule has 0 bridgehead atoms. The number of nitrogens with zero attached hydrogens (tertiary/aromatic N) is 2. The van der Waals surface area contributed by atoms with E-state index in [4.69, 9.17) is 9.47 Å². The Labute approximate surface area is 114 Å². The fourth-order valence-corrected chi connectivity index (χ4v) is 2.60. The van der Waals surface area contributed by atoms with Gasteiger partial charge in [-0.15, -0.1) is 0 Å². The summed E-state index contributed by atoms with van der Waals surface area (Å²) in [6.07, 6.45) is 1.63. The average molecular weight is 265 g/mol. The van der Waals surface area contributed by atoms with Crippen LogP contribution in [0.15, 0.2) is 0 Å². The molecule has 1 aromatic rings. The topological polar surface area (TPSA) is 56.3 Å². The molecule has 1 N–H and O–H groups in total. The number of hydrogen-bond donors (Lipinski definition) is 1. The largest absolute Gasteiger partial charge is 0.381 e. The highest BCUT2D eigenvalue weighted by atomic mass is 16.5. The van der Waals surface area contributed by atoms with Crippen molar-refractivity contribution in [2.45, 2.75) is 38.8 Å². The quantitative estimate of drug-likeness (QED) is 0.893. The predicted molar refractivity (Wildman–Crippen MR) is 73.0 cm³/mol. The fraction of sp³-hybridized carbons (Fsp3) is 0.714. The zero-order chi connectivity index (χ0) is 13.9. The van der Waals surface area contributed by atoms with E-state index in [1.54, 1.807) is 7.11 Å². The van der Waals surface area contributed by atoms with E-state index in [2.05, 4.69) is 15.3 Å². The summed E-state index contributed by atoms with van der Waals surface area (Å²) >= 11 is 0. The van der Waals surface area contributed by atoms with Crippen molar-refractivity contribution < 1.29 is 9.47 Å². The van der Waals surface area contributed by atoms with Crippen molar-refractivity contribution in [3.8, 4) is 0 Å². The number of aryl methyl sites for hydroxylation is 2. The molecular weight excluding hydrogens is 242 g/mol. The summed E-state index contributed by atoms with van der Waals surface area (Å²) in [4.78, 5) is 9.38. The molecule has 19 heavy (non-hydrogen) atoms. The Bertz CT molecular complexity index is 419. The predicted octanol–water partition coefficient (Wildman–Crippen LogP) is 1.46. The molecule has 0 saturated carbocycles. The van der Waals surface area contributed by atoms with E-state index < -0.39 is 0 Å². The molecule has 1 aromatic heterocycles. The van der Waals surface area contributed by atoms with Gasteiger partial charge in [-0.3, -0.25) is 0 Å². The molecular formula is C14H23N3O2. The fourth-order valence-electron chi connectivity index (χ4n) is 2.60. The molecule has 1 saturated heterocycles. The second-order valence-electron chi connectivity index (χ2n) is 5.04. The summed E-state index contributed by atoms with van der Waals surface area (Å²) in [5, 5.41) is 3.16. The zero-order valence-corrected chi connectivity index (χ0v) is 12.2. The maximum atomic E-state index is 5.75. The van der Waals surface area contributed by atoms with Crippen LogP contribution in [0.3, 0.4) is 0 Å². The van der Waals surface area contributed by atoms with Gasteiger partial charge in [-0.05, 0) is 20.9 Å². The molecule has 5 nitrogen and oxygen atoms in total. The van der Waals surface area contributed by atoms with E-state index in [1.807, 2.05) is 20.9 Å². The number of aromatic nitrogens is 2. The lowest BCUT2D eigenvalue weighted by Gasteiger charge is -2.34. The van der Waals surface area contributed by atoms with Gasteiger partial charge in [0, 0.05) is 56.7 Å². The Balaban J connectivity index is 2.39. The van der Waals surface area contributed by atoms with Gasteiger partial charge in [-0.1, -0.05) is 0 Å². The maximum Gasteiger partial charge on any atom is 0.160 e. The Hall–Kier alpha value is -1.04. The molecule has 5 heteroatoms. The van der Waals surface area contributed by atoms with Crippen LogP contribution < -0.4 is 5.32 Å². The van der Waals surface area contributed by atoms with E-state index in [1.165, 1.54) is 5.56 Å². The molecule has 0 atom stereocenters. The summed E-state index contributed by atoms with van der Waals surface area (Å²) in [6, 6.07) is 0. The van der Waals surface area contributed by atoms with Gasteiger partial charge in [0.2, 0.25) is 0 Å². The van der Waals surface area contributed by atoms with E-state index in [0.29, 0.717) is 13.2 Å². The lowest BCUT2D eigenvalue weighted by Crippen LogP contribution is -2.38. The Morgan fingerprint density at radius 3 is 2.26 bits per heavy atom. The Morgan fingerprint density at radius 1 is 1.21 bits per heavy atom. The molecule has 1 aliphatic rings. The molecule has 0 unspecified atom stereocenters. The van der Waals surface area contributed by atoms with E-state index in [0.717, 1.165) is 36.6 Å². The second-order valence-corrected chi connectivity index (χ2v) is 5.04. The van der Waals surface area contributed by atoms with Crippen LogP contribution in [0.25, 0.3) is 0 Å². The van der Waals surface area contributed by atoms with Crippen molar-refractivity contribution in [1.82, 2.24) is 15.3 Å². The first-order valence-electron chi connectivity index (χ1n) is 6.75. The van der Waals surface area contributed by atoms with Gasteiger partial charge in [0.05, 0.1) is 0 Å². The molecule has 2 heterocycles. The van der Waals surface area contributed by atoms with E-state index in [9.17, 15) is 0 Å². The lowest BCUT2D eigenvalue weighted by atomic mass is 9.92. The van der Waals surface area contributed by atoms with Crippen LogP contribution in [0.5, 0.6) is 0 Å². The van der Waals surface area contributed by atoms with Crippen LogP contribution in [-0.2, 0) is 21.6 Å². The summed E-state index contributed by atoms with van der Waals surface area (Å²) in [5.74, 6) is 0.799. The van der Waals surface area contributed by atoms with Crippen molar-refractivity contribution in [2.24, 2.45) is 0 Å². The van der Waals surface area contributed by atoms with Gasteiger partial charge < -0.3 is 14.8 Å². The smallest absolute Gasteiger partial charge is 0.160 e. The lowest BCUT2D eigenvalue weighted by molar-refractivity contribution is -0.100. The van der Waals surface area contributed by atoms with Gasteiger partial charge in [0.15, 0.2) is 5.82 Å². The molecule has 106 valence electrons. The standard InChI is InChI=1S/C14H23N3O2/c1-10-12(9-15-3)11(2)17-13(16-10)14(18-4)5-7-19-8-6-14/h15H,5-9H2,1-4H3. The average Bonchev–Trinajstić information content (AvgIpc) is 2.43. The third-order valence-electron chi connectivity index (χ3n) is 3.87. The van der Waals surface area contributed by atoms with Crippen molar-refractivity contribution in [2.75, 3.05) is 27.4 Å². The first-order valence-corrected chi connectivity index (χ1v) is 6.75. The summed E-state index contributed by atoms with van der Waals surface area (Å²) in [7, 11) is 3.67. The van der Waals surface area contributed by atoms with Gasteiger partial charge >= 0.3 is 0 Å². The minimum Gasteiger partial charge on any atom is -0.381 e. The molecule has 0 aromatic carbocycles. The highest BCUT2D eigenvalue weighted by Crippen LogP contribution is 2.33. The number of hydrogen-bond acceptors (Lipinski definition) is 5.